The van der Waals surface area contributed by atoms with Gasteiger partial charge in [0.05, 0.1) is 0 Å². The van der Waals surface area contributed by atoms with E-state index in [0.29, 0.717) is 12.1 Å². The standard InChI is InChI=1S/C16H29N3/c1-6-11-17-14(5)15-9-10-16(18-12-15)19(8-3)13(4)7-2/h9-10,12-14,17H,6-8,11H2,1-5H3. The maximum absolute atomic E-state index is 4.63. The lowest BCUT2D eigenvalue weighted by Crippen LogP contribution is -2.33. The first-order valence-corrected chi connectivity index (χ1v) is 7.59. The number of aromatic nitrogens is 1. The second kappa shape index (κ2) is 8.16. The summed E-state index contributed by atoms with van der Waals surface area (Å²) in [5, 5.41) is 3.49. The van der Waals surface area contributed by atoms with Crippen molar-refractivity contribution in [3.8, 4) is 0 Å². The molecule has 0 saturated heterocycles. The van der Waals surface area contributed by atoms with Crippen LogP contribution in [-0.4, -0.2) is 24.1 Å². The maximum Gasteiger partial charge on any atom is 0.128 e. The molecule has 0 saturated carbocycles. The van der Waals surface area contributed by atoms with Crippen LogP contribution in [0, 0.1) is 0 Å². The fourth-order valence-electron chi connectivity index (χ4n) is 2.22. The first-order valence-electron chi connectivity index (χ1n) is 7.59. The van der Waals surface area contributed by atoms with Crippen molar-refractivity contribution in [2.75, 3.05) is 18.0 Å². The van der Waals surface area contributed by atoms with Crippen molar-refractivity contribution < 1.29 is 0 Å². The highest BCUT2D eigenvalue weighted by Gasteiger charge is 2.12. The first kappa shape index (κ1) is 16.0. The van der Waals surface area contributed by atoms with Crippen molar-refractivity contribution in [1.82, 2.24) is 10.3 Å². The fourth-order valence-corrected chi connectivity index (χ4v) is 2.22. The molecule has 0 aromatic carbocycles. The van der Waals surface area contributed by atoms with Crippen molar-refractivity contribution in [2.45, 2.75) is 59.5 Å². The third-order valence-corrected chi connectivity index (χ3v) is 3.73. The van der Waals surface area contributed by atoms with Crippen molar-refractivity contribution in [3.05, 3.63) is 23.9 Å². The van der Waals surface area contributed by atoms with Gasteiger partial charge in [0.15, 0.2) is 0 Å². The SMILES string of the molecule is CCCNC(C)c1ccc(N(CC)C(C)CC)nc1. The summed E-state index contributed by atoms with van der Waals surface area (Å²) in [6.45, 7) is 13.1. The number of pyridine rings is 1. The van der Waals surface area contributed by atoms with Crippen molar-refractivity contribution >= 4 is 5.82 Å². The number of hydrogen-bond donors (Lipinski definition) is 1. The molecule has 1 aromatic rings. The molecular formula is C16H29N3. The predicted octanol–water partition coefficient (Wildman–Crippen LogP) is 3.77. The van der Waals surface area contributed by atoms with Gasteiger partial charge in [-0.05, 0) is 51.8 Å². The van der Waals surface area contributed by atoms with E-state index in [-0.39, 0.29) is 0 Å². The maximum atomic E-state index is 4.63. The van der Waals surface area contributed by atoms with Crippen LogP contribution >= 0.6 is 0 Å². The highest BCUT2D eigenvalue weighted by Crippen LogP contribution is 2.18. The van der Waals surface area contributed by atoms with Crippen LogP contribution in [0.5, 0.6) is 0 Å². The van der Waals surface area contributed by atoms with Crippen LogP contribution in [-0.2, 0) is 0 Å². The largest absolute Gasteiger partial charge is 0.354 e. The van der Waals surface area contributed by atoms with E-state index in [1.165, 1.54) is 5.56 Å². The van der Waals surface area contributed by atoms with Gasteiger partial charge in [0.1, 0.15) is 5.82 Å². The smallest absolute Gasteiger partial charge is 0.128 e. The first-order chi connectivity index (χ1) is 9.13. The molecule has 3 heteroatoms. The summed E-state index contributed by atoms with van der Waals surface area (Å²) in [6.07, 6.45) is 4.31. The number of nitrogens with one attached hydrogen (secondary N) is 1. The Morgan fingerprint density at radius 2 is 1.95 bits per heavy atom. The molecule has 1 heterocycles. The molecule has 1 N–H and O–H groups in total. The van der Waals surface area contributed by atoms with Gasteiger partial charge in [-0.3, -0.25) is 0 Å². The van der Waals surface area contributed by atoms with Gasteiger partial charge in [-0.25, -0.2) is 4.98 Å². The Morgan fingerprint density at radius 1 is 1.21 bits per heavy atom. The molecule has 2 unspecified atom stereocenters. The second-order valence-corrected chi connectivity index (χ2v) is 5.17. The van der Waals surface area contributed by atoms with Crippen LogP contribution in [0.25, 0.3) is 0 Å². The third kappa shape index (κ3) is 4.50. The van der Waals surface area contributed by atoms with Crippen LogP contribution in [0.2, 0.25) is 0 Å². The molecule has 0 amide bonds. The molecule has 1 rings (SSSR count). The summed E-state index contributed by atoms with van der Waals surface area (Å²) in [5.74, 6) is 1.09. The van der Waals surface area contributed by atoms with Gasteiger partial charge in [0.25, 0.3) is 0 Å². The van der Waals surface area contributed by atoms with Crippen molar-refractivity contribution in [1.29, 1.82) is 0 Å². The number of hydrogen-bond acceptors (Lipinski definition) is 3. The second-order valence-electron chi connectivity index (χ2n) is 5.17. The number of rotatable bonds is 8. The summed E-state index contributed by atoms with van der Waals surface area (Å²) in [7, 11) is 0. The van der Waals surface area contributed by atoms with Gasteiger partial charge in [-0.1, -0.05) is 19.9 Å². The van der Waals surface area contributed by atoms with Gasteiger partial charge in [-0.2, -0.15) is 0 Å². The van der Waals surface area contributed by atoms with Crippen LogP contribution in [0.4, 0.5) is 5.82 Å². The lowest BCUT2D eigenvalue weighted by atomic mass is 10.1. The third-order valence-electron chi connectivity index (χ3n) is 3.73. The monoisotopic (exact) mass is 263 g/mol. The highest BCUT2D eigenvalue weighted by atomic mass is 15.2. The average Bonchev–Trinajstić information content (AvgIpc) is 2.46. The molecular weight excluding hydrogens is 234 g/mol. The Bertz CT molecular complexity index is 348. The van der Waals surface area contributed by atoms with E-state index in [1.54, 1.807) is 0 Å². The molecule has 108 valence electrons. The summed E-state index contributed by atoms with van der Waals surface area (Å²) < 4.78 is 0. The predicted molar refractivity (Wildman–Crippen MR) is 83.7 cm³/mol. The van der Waals surface area contributed by atoms with E-state index in [9.17, 15) is 0 Å². The molecule has 0 radical (unpaired) electrons. The van der Waals surface area contributed by atoms with E-state index in [1.807, 2.05) is 6.20 Å². The Morgan fingerprint density at radius 3 is 2.42 bits per heavy atom. The zero-order valence-electron chi connectivity index (χ0n) is 13.1. The molecule has 0 spiro atoms. The molecule has 1 aromatic heterocycles. The molecule has 0 aliphatic rings. The fraction of sp³-hybridized carbons (Fsp3) is 0.688. The van der Waals surface area contributed by atoms with E-state index in [4.69, 9.17) is 0 Å². The van der Waals surface area contributed by atoms with Crippen molar-refractivity contribution in [3.63, 3.8) is 0 Å². The summed E-state index contributed by atoms with van der Waals surface area (Å²) in [5.41, 5.74) is 1.26. The van der Waals surface area contributed by atoms with Crippen LogP contribution in [0.1, 0.15) is 59.1 Å². The number of nitrogens with zero attached hydrogens (tertiary/aromatic N) is 2. The van der Waals surface area contributed by atoms with Crippen LogP contribution in [0.3, 0.4) is 0 Å². The van der Waals surface area contributed by atoms with Crippen LogP contribution < -0.4 is 10.2 Å². The molecule has 0 aliphatic carbocycles. The zero-order chi connectivity index (χ0) is 14.3. The number of anilines is 1. The minimum absolute atomic E-state index is 0.375. The molecule has 19 heavy (non-hydrogen) atoms. The zero-order valence-corrected chi connectivity index (χ0v) is 13.1. The molecule has 3 nitrogen and oxygen atoms in total. The Hall–Kier alpha value is -1.09. The minimum atomic E-state index is 0.375. The van der Waals surface area contributed by atoms with E-state index < -0.39 is 0 Å². The quantitative estimate of drug-likeness (QED) is 0.774. The van der Waals surface area contributed by atoms with Gasteiger partial charge in [0, 0.05) is 24.8 Å². The Balaban J connectivity index is 2.74. The summed E-state index contributed by atoms with van der Waals surface area (Å²) in [6, 6.07) is 5.26. The van der Waals surface area contributed by atoms with Gasteiger partial charge < -0.3 is 10.2 Å². The molecule has 0 fully saturated rings. The summed E-state index contributed by atoms with van der Waals surface area (Å²) >= 11 is 0. The Labute approximate surface area is 118 Å². The van der Waals surface area contributed by atoms with Gasteiger partial charge in [-0.15, -0.1) is 0 Å². The average molecular weight is 263 g/mol. The minimum Gasteiger partial charge on any atom is -0.354 e. The molecule has 0 aliphatic heterocycles. The normalized spacial score (nSPS) is 14.2. The lowest BCUT2D eigenvalue weighted by Gasteiger charge is -2.28. The molecule has 2 atom stereocenters. The summed E-state index contributed by atoms with van der Waals surface area (Å²) in [4.78, 5) is 6.99. The highest BCUT2D eigenvalue weighted by molar-refractivity contribution is 5.40. The van der Waals surface area contributed by atoms with Crippen molar-refractivity contribution in [2.24, 2.45) is 0 Å². The van der Waals surface area contributed by atoms with Crippen LogP contribution in [0.15, 0.2) is 18.3 Å². The van der Waals surface area contributed by atoms with E-state index in [2.05, 4.69) is 62.0 Å². The van der Waals surface area contributed by atoms with Gasteiger partial charge in [0.2, 0.25) is 0 Å². The Kier molecular flexibility index (Phi) is 6.85. The molecule has 0 bridgehead atoms. The van der Waals surface area contributed by atoms with E-state index in [0.717, 1.165) is 31.7 Å². The topological polar surface area (TPSA) is 28.2 Å². The van der Waals surface area contributed by atoms with Gasteiger partial charge >= 0.3 is 0 Å². The lowest BCUT2D eigenvalue weighted by molar-refractivity contribution is 0.568. The van der Waals surface area contributed by atoms with E-state index >= 15 is 0 Å².